The minimum Gasteiger partial charge on any atom is -0.309 e. The Bertz CT molecular complexity index is 1370. The Hall–Kier alpha value is -4.12. The van der Waals surface area contributed by atoms with Gasteiger partial charge in [0.25, 0.3) is 0 Å². The van der Waals surface area contributed by atoms with Crippen molar-refractivity contribution in [1.82, 2.24) is 9.99 Å². The molecule has 3 N–H and O–H groups in total. The number of para-hydroxylation sites is 1. The van der Waals surface area contributed by atoms with Crippen molar-refractivity contribution in [2.75, 3.05) is 4.90 Å². The molecule has 0 saturated heterocycles. The number of nitrogens with one attached hydrogen (secondary N) is 1. The van der Waals surface area contributed by atoms with Gasteiger partial charge in [-0.15, -0.1) is 0 Å². The molecule has 0 amide bonds. The van der Waals surface area contributed by atoms with Crippen LogP contribution in [0.1, 0.15) is 48.3 Å². The Balaban J connectivity index is 2.49. The van der Waals surface area contributed by atoms with E-state index in [0.29, 0.717) is 6.54 Å². The van der Waals surface area contributed by atoms with E-state index in [1.807, 2.05) is 43.4 Å². The van der Waals surface area contributed by atoms with E-state index in [1.165, 1.54) is 11.1 Å². The third-order valence-electron chi connectivity index (χ3n) is 6.70. The van der Waals surface area contributed by atoms with Crippen molar-refractivity contribution in [1.29, 1.82) is 0 Å². The molecule has 0 aliphatic rings. The average molecular weight is 505 g/mol. The summed E-state index contributed by atoms with van der Waals surface area (Å²) in [5.41, 5.74) is 13.6. The van der Waals surface area contributed by atoms with E-state index in [2.05, 4.69) is 110 Å². The molecule has 4 heteroatoms. The summed E-state index contributed by atoms with van der Waals surface area (Å²) >= 11 is 0. The highest BCUT2D eigenvalue weighted by Gasteiger charge is 2.27. The van der Waals surface area contributed by atoms with Gasteiger partial charge in [0.2, 0.25) is 0 Å². The van der Waals surface area contributed by atoms with E-state index in [9.17, 15) is 0 Å². The van der Waals surface area contributed by atoms with Crippen LogP contribution in [-0.4, -0.2) is 4.57 Å². The number of rotatable bonds is 12. The topological polar surface area (TPSA) is 46.2 Å². The van der Waals surface area contributed by atoms with Crippen LogP contribution in [0.3, 0.4) is 0 Å². The standard InChI is InChI=1S/C34H40N4/c1-8-12-19-32-26(6)27(7)33(38(32)31-22-20-28(21-23-31)24-36-35)34(29(10-3)11-4)37(25(5)16-9-2)30-17-14-13-15-18-30/h8-10,12-23,36H,1,3,5,11,24,35H2,2,4,6-7H3/b16-9-,19-12-,34-29-. The van der Waals surface area contributed by atoms with Crippen molar-refractivity contribution < 1.29 is 0 Å². The van der Waals surface area contributed by atoms with E-state index in [0.717, 1.165) is 51.7 Å². The minimum atomic E-state index is 0.604. The smallest absolute Gasteiger partial charge is 0.0738 e. The molecular formula is C34H40N4. The number of hydrogen-bond acceptors (Lipinski definition) is 3. The summed E-state index contributed by atoms with van der Waals surface area (Å²) in [5.74, 6) is 5.57. The molecule has 0 bridgehead atoms. The Morgan fingerprint density at radius 2 is 1.71 bits per heavy atom. The van der Waals surface area contributed by atoms with Gasteiger partial charge >= 0.3 is 0 Å². The Kier molecular flexibility index (Phi) is 10.1. The predicted molar refractivity (Wildman–Crippen MR) is 166 cm³/mol. The van der Waals surface area contributed by atoms with Crippen molar-refractivity contribution >= 4 is 17.5 Å². The highest BCUT2D eigenvalue weighted by molar-refractivity contribution is 5.88. The maximum absolute atomic E-state index is 5.57. The van der Waals surface area contributed by atoms with Crippen LogP contribution in [0.5, 0.6) is 0 Å². The lowest BCUT2D eigenvalue weighted by molar-refractivity contribution is 0.741. The van der Waals surface area contributed by atoms with Gasteiger partial charge in [-0.2, -0.15) is 0 Å². The molecule has 0 radical (unpaired) electrons. The molecule has 38 heavy (non-hydrogen) atoms. The lowest BCUT2D eigenvalue weighted by Crippen LogP contribution is -2.23. The molecule has 3 aromatic rings. The van der Waals surface area contributed by atoms with Crippen molar-refractivity contribution in [3.63, 3.8) is 0 Å². The van der Waals surface area contributed by atoms with Crippen molar-refractivity contribution in [3.05, 3.63) is 144 Å². The minimum absolute atomic E-state index is 0.604. The number of benzene rings is 2. The van der Waals surface area contributed by atoms with Gasteiger partial charge in [0.1, 0.15) is 0 Å². The second kappa shape index (κ2) is 13.4. The highest BCUT2D eigenvalue weighted by atomic mass is 15.2. The van der Waals surface area contributed by atoms with E-state index < -0.39 is 0 Å². The molecule has 1 heterocycles. The number of anilines is 1. The lowest BCUT2D eigenvalue weighted by Gasteiger charge is -2.31. The van der Waals surface area contributed by atoms with Gasteiger partial charge < -0.3 is 9.47 Å². The van der Waals surface area contributed by atoms with Crippen molar-refractivity contribution in [2.45, 2.75) is 40.7 Å². The van der Waals surface area contributed by atoms with Gasteiger partial charge in [0, 0.05) is 29.3 Å². The molecule has 1 aromatic heterocycles. The van der Waals surface area contributed by atoms with Gasteiger partial charge in [-0.3, -0.25) is 11.3 Å². The molecule has 0 aliphatic heterocycles. The van der Waals surface area contributed by atoms with Gasteiger partial charge in [-0.05, 0) is 85.9 Å². The van der Waals surface area contributed by atoms with Crippen LogP contribution in [0.15, 0.2) is 116 Å². The van der Waals surface area contributed by atoms with Crippen LogP contribution in [0.2, 0.25) is 0 Å². The van der Waals surface area contributed by atoms with Gasteiger partial charge in [0.15, 0.2) is 0 Å². The van der Waals surface area contributed by atoms with Gasteiger partial charge in [0.05, 0.1) is 11.4 Å². The Labute approximate surface area is 228 Å². The van der Waals surface area contributed by atoms with Crippen LogP contribution in [0.4, 0.5) is 5.69 Å². The first-order chi connectivity index (χ1) is 18.4. The lowest BCUT2D eigenvalue weighted by atomic mass is 10.0. The van der Waals surface area contributed by atoms with Crippen LogP contribution in [0.25, 0.3) is 17.5 Å². The molecule has 2 aromatic carbocycles. The van der Waals surface area contributed by atoms with E-state index in [-0.39, 0.29) is 0 Å². The largest absolute Gasteiger partial charge is 0.309 e. The number of hydrogen-bond donors (Lipinski definition) is 2. The number of hydrazine groups is 1. The molecular weight excluding hydrogens is 464 g/mol. The third kappa shape index (κ3) is 5.88. The molecule has 0 aliphatic carbocycles. The fourth-order valence-electron chi connectivity index (χ4n) is 4.71. The highest BCUT2D eigenvalue weighted by Crippen LogP contribution is 2.40. The van der Waals surface area contributed by atoms with Crippen LogP contribution in [0, 0.1) is 13.8 Å². The number of nitrogens with zero attached hydrogens (tertiary/aromatic N) is 2. The fourth-order valence-corrected chi connectivity index (χ4v) is 4.71. The molecule has 0 unspecified atom stereocenters. The SMILES string of the molecule is C=C/C=C\c1c(C)c(C)c(/C(=C(\C=C)CC)N(C(=C)/C=C\C)c2ccccc2)n1-c1ccc(CNN)cc1. The third-order valence-corrected chi connectivity index (χ3v) is 6.70. The van der Waals surface area contributed by atoms with Crippen molar-refractivity contribution in [2.24, 2.45) is 5.84 Å². The average Bonchev–Trinajstić information content (AvgIpc) is 3.18. The zero-order valence-electron chi connectivity index (χ0n) is 23.2. The van der Waals surface area contributed by atoms with Crippen LogP contribution >= 0.6 is 0 Å². The molecule has 0 fully saturated rings. The Morgan fingerprint density at radius 1 is 1.03 bits per heavy atom. The van der Waals surface area contributed by atoms with E-state index >= 15 is 0 Å². The first-order valence-corrected chi connectivity index (χ1v) is 13.0. The molecule has 0 saturated carbocycles. The maximum atomic E-state index is 5.57. The zero-order valence-corrected chi connectivity index (χ0v) is 23.2. The fraction of sp³-hybridized carbons (Fsp3) is 0.176. The number of nitrogens with two attached hydrogens (primary N) is 1. The molecule has 4 nitrogen and oxygen atoms in total. The summed E-state index contributed by atoms with van der Waals surface area (Å²) in [4.78, 5) is 2.24. The predicted octanol–water partition coefficient (Wildman–Crippen LogP) is 8.16. The first-order valence-electron chi connectivity index (χ1n) is 13.0. The van der Waals surface area contributed by atoms with E-state index in [4.69, 9.17) is 5.84 Å². The quantitative estimate of drug-likeness (QED) is 0.149. The molecule has 0 atom stereocenters. The van der Waals surface area contributed by atoms with E-state index in [1.54, 1.807) is 0 Å². The van der Waals surface area contributed by atoms with Crippen LogP contribution in [-0.2, 0) is 6.54 Å². The summed E-state index contributed by atoms with van der Waals surface area (Å²) in [6, 6.07) is 18.9. The maximum Gasteiger partial charge on any atom is 0.0738 e. The monoisotopic (exact) mass is 504 g/mol. The first kappa shape index (κ1) is 28.5. The molecule has 3 rings (SSSR count). The summed E-state index contributed by atoms with van der Waals surface area (Å²) in [7, 11) is 0. The molecule has 196 valence electrons. The second-order valence-corrected chi connectivity index (χ2v) is 9.06. The summed E-state index contributed by atoms with van der Waals surface area (Å²) in [6.07, 6.45) is 12.8. The second-order valence-electron chi connectivity index (χ2n) is 9.06. The zero-order chi connectivity index (χ0) is 27.7. The summed E-state index contributed by atoms with van der Waals surface area (Å²) in [5, 5.41) is 0. The summed E-state index contributed by atoms with van der Waals surface area (Å²) < 4.78 is 2.33. The van der Waals surface area contributed by atoms with Crippen molar-refractivity contribution in [3.8, 4) is 5.69 Å². The number of aromatic nitrogens is 1. The van der Waals surface area contributed by atoms with Gasteiger partial charge in [-0.25, -0.2) is 0 Å². The summed E-state index contributed by atoms with van der Waals surface area (Å²) in [6.45, 7) is 21.8. The Morgan fingerprint density at radius 3 is 2.26 bits per heavy atom. The van der Waals surface area contributed by atoms with Crippen LogP contribution < -0.4 is 16.2 Å². The number of allylic oxidation sites excluding steroid dienone is 6. The molecule has 0 spiro atoms. The normalized spacial score (nSPS) is 12.1. The van der Waals surface area contributed by atoms with Gasteiger partial charge in [-0.1, -0.05) is 81.3 Å².